The molecule has 1 heterocycles. The summed E-state index contributed by atoms with van der Waals surface area (Å²) in [6.07, 6.45) is 4.67. The molecule has 0 aromatic heterocycles. The van der Waals surface area contributed by atoms with Crippen LogP contribution in [-0.4, -0.2) is 34.0 Å². The number of aliphatic hydroxyl groups excluding tert-OH is 1. The number of aliphatic hydroxyl groups is 2. The van der Waals surface area contributed by atoms with Crippen molar-refractivity contribution in [1.29, 1.82) is 0 Å². The van der Waals surface area contributed by atoms with Crippen molar-refractivity contribution in [2.75, 3.05) is 0 Å². The molecule has 8 atom stereocenters. The third kappa shape index (κ3) is 1.56. The molecule has 0 aromatic rings. The Kier molecular flexibility index (Phi) is 2.74. The van der Waals surface area contributed by atoms with E-state index in [1.165, 1.54) is 12.8 Å². The Balaban J connectivity index is 1.58. The lowest BCUT2D eigenvalue weighted by Crippen LogP contribution is -2.65. The summed E-state index contributed by atoms with van der Waals surface area (Å²) in [5, 5.41) is 22.6. The van der Waals surface area contributed by atoms with Crippen molar-refractivity contribution >= 4 is 5.97 Å². The highest BCUT2D eigenvalue weighted by molar-refractivity contribution is 5.92. The number of rotatable bonds is 0. The SMILES string of the molecule is CC1=C2C(CC3C4(C)CCC5CC5(C)C4CCC3(O)C2O)OC1=O. The molecule has 4 aliphatic carbocycles. The van der Waals surface area contributed by atoms with Crippen LogP contribution < -0.4 is 0 Å². The third-order valence-electron chi connectivity index (χ3n) is 8.87. The minimum absolute atomic E-state index is 0.00424. The van der Waals surface area contributed by atoms with Crippen molar-refractivity contribution in [2.45, 2.75) is 77.1 Å². The fraction of sp³-hybridized carbons (Fsp3) is 0.850. The highest BCUT2D eigenvalue weighted by Crippen LogP contribution is 2.74. The van der Waals surface area contributed by atoms with Gasteiger partial charge in [0.25, 0.3) is 0 Å². The Morgan fingerprint density at radius 1 is 1.12 bits per heavy atom. The van der Waals surface area contributed by atoms with Crippen LogP contribution in [0.25, 0.3) is 0 Å². The largest absolute Gasteiger partial charge is 0.454 e. The van der Waals surface area contributed by atoms with Crippen molar-refractivity contribution in [2.24, 2.45) is 28.6 Å². The molecule has 24 heavy (non-hydrogen) atoms. The van der Waals surface area contributed by atoms with Gasteiger partial charge in [-0.25, -0.2) is 4.79 Å². The summed E-state index contributed by atoms with van der Waals surface area (Å²) in [5.41, 5.74) is 0.503. The molecule has 0 aromatic carbocycles. The van der Waals surface area contributed by atoms with E-state index in [4.69, 9.17) is 4.74 Å². The first-order valence-electron chi connectivity index (χ1n) is 9.54. The standard InChI is InChI=1S/C20H28O4/c1-10-15-12(24-17(10)22)8-14-18(2)6-4-11-9-19(11,3)13(18)5-7-20(14,23)16(15)21/h11-14,16,21,23H,4-9H2,1-3H3. The van der Waals surface area contributed by atoms with Crippen LogP contribution in [0.3, 0.4) is 0 Å². The zero-order valence-electron chi connectivity index (χ0n) is 14.8. The van der Waals surface area contributed by atoms with Gasteiger partial charge in [-0.15, -0.1) is 0 Å². The molecule has 1 aliphatic heterocycles. The summed E-state index contributed by atoms with van der Waals surface area (Å²) >= 11 is 0. The first-order valence-corrected chi connectivity index (χ1v) is 9.54. The van der Waals surface area contributed by atoms with Crippen LogP contribution >= 0.6 is 0 Å². The molecule has 0 saturated heterocycles. The van der Waals surface area contributed by atoms with E-state index in [-0.39, 0.29) is 23.4 Å². The summed E-state index contributed by atoms with van der Waals surface area (Å²) in [5.74, 6) is 1.16. The second-order valence-corrected chi connectivity index (χ2v) is 9.70. The molecule has 2 N–H and O–H groups in total. The van der Waals surface area contributed by atoms with Gasteiger partial charge in [-0.1, -0.05) is 13.8 Å². The van der Waals surface area contributed by atoms with Crippen LogP contribution in [0.2, 0.25) is 0 Å². The number of carbonyl (C=O) groups is 1. The summed E-state index contributed by atoms with van der Waals surface area (Å²) in [6.45, 7) is 6.47. The molecule has 5 rings (SSSR count). The third-order valence-corrected chi connectivity index (χ3v) is 8.87. The zero-order valence-corrected chi connectivity index (χ0v) is 14.8. The van der Waals surface area contributed by atoms with Gasteiger partial charge in [-0.05, 0) is 68.1 Å². The van der Waals surface area contributed by atoms with Crippen molar-refractivity contribution in [3.63, 3.8) is 0 Å². The Bertz CT molecular complexity index is 669. The van der Waals surface area contributed by atoms with E-state index in [0.717, 1.165) is 18.8 Å². The topological polar surface area (TPSA) is 66.8 Å². The highest BCUT2D eigenvalue weighted by atomic mass is 16.5. The molecule has 5 aliphatic rings. The van der Waals surface area contributed by atoms with E-state index in [2.05, 4.69) is 13.8 Å². The monoisotopic (exact) mass is 332 g/mol. The Morgan fingerprint density at radius 3 is 2.62 bits per heavy atom. The van der Waals surface area contributed by atoms with Crippen LogP contribution in [0.5, 0.6) is 0 Å². The first kappa shape index (κ1) is 15.4. The second-order valence-electron chi connectivity index (χ2n) is 9.70. The minimum atomic E-state index is -1.11. The predicted octanol–water partition coefficient (Wildman–Crippen LogP) is 2.58. The van der Waals surface area contributed by atoms with E-state index in [9.17, 15) is 15.0 Å². The van der Waals surface area contributed by atoms with Crippen LogP contribution in [0.4, 0.5) is 0 Å². The van der Waals surface area contributed by atoms with Gasteiger partial charge < -0.3 is 14.9 Å². The maximum Gasteiger partial charge on any atom is 0.334 e. The minimum Gasteiger partial charge on any atom is -0.454 e. The fourth-order valence-corrected chi connectivity index (χ4v) is 7.42. The lowest BCUT2D eigenvalue weighted by molar-refractivity contribution is -0.219. The highest BCUT2D eigenvalue weighted by Gasteiger charge is 2.71. The molecule has 0 radical (unpaired) electrons. The van der Waals surface area contributed by atoms with Crippen LogP contribution in [-0.2, 0) is 9.53 Å². The van der Waals surface area contributed by atoms with E-state index in [1.807, 2.05) is 0 Å². The van der Waals surface area contributed by atoms with E-state index >= 15 is 0 Å². The Morgan fingerprint density at radius 2 is 1.88 bits per heavy atom. The van der Waals surface area contributed by atoms with Gasteiger partial charge >= 0.3 is 5.97 Å². The summed E-state index contributed by atoms with van der Waals surface area (Å²) in [7, 11) is 0. The number of hydrogen-bond acceptors (Lipinski definition) is 4. The summed E-state index contributed by atoms with van der Waals surface area (Å²) in [4.78, 5) is 12.0. The maximum absolute atomic E-state index is 12.0. The van der Waals surface area contributed by atoms with Gasteiger partial charge in [0.15, 0.2) is 0 Å². The summed E-state index contributed by atoms with van der Waals surface area (Å²) < 4.78 is 5.54. The molecule has 4 heteroatoms. The molecule has 4 saturated carbocycles. The molecule has 4 nitrogen and oxygen atoms in total. The first-order chi connectivity index (χ1) is 11.2. The van der Waals surface area contributed by atoms with Gasteiger partial charge in [-0.2, -0.15) is 0 Å². The van der Waals surface area contributed by atoms with E-state index < -0.39 is 11.7 Å². The van der Waals surface area contributed by atoms with Crippen molar-refractivity contribution in [1.82, 2.24) is 0 Å². The number of carbonyl (C=O) groups excluding carboxylic acids is 1. The van der Waals surface area contributed by atoms with Gasteiger partial charge in [-0.3, -0.25) is 0 Å². The predicted molar refractivity (Wildman–Crippen MR) is 87.9 cm³/mol. The quantitative estimate of drug-likeness (QED) is 0.669. The van der Waals surface area contributed by atoms with Crippen molar-refractivity contribution in [3.05, 3.63) is 11.1 Å². The molecule has 0 bridgehead atoms. The molecular formula is C20H28O4. The average molecular weight is 332 g/mol. The second kappa shape index (κ2) is 4.27. The normalized spacial score (nSPS) is 58.4. The lowest BCUT2D eigenvalue weighted by atomic mass is 9.45. The Hall–Kier alpha value is -0.870. The molecular weight excluding hydrogens is 304 g/mol. The summed E-state index contributed by atoms with van der Waals surface area (Å²) in [6, 6.07) is 0. The fourth-order valence-electron chi connectivity index (χ4n) is 7.42. The Labute approximate surface area is 143 Å². The maximum atomic E-state index is 12.0. The van der Waals surface area contributed by atoms with Gasteiger partial charge in [0, 0.05) is 17.1 Å². The molecule has 0 amide bonds. The van der Waals surface area contributed by atoms with Crippen LogP contribution in [0.15, 0.2) is 11.1 Å². The van der Waals surface area contributed by atoms with Gasteiger partial charge in [0.05, 0.1) is 5.60 Å². The van der Waals surface area contributed by atoms with E-state index in [1.54, 1.807) is 6.92 Å². The molecule has 0 spiro atoms. The average Bonchev–Trinajstić information content (AvgIpc) is 3.11. The van der Waals surface area contributed by atoms with Crippen molar-refractivity contribution < 1.29 is 19.7 Å². The van der Waals surface area contributed by atoms with E-state index in [0.29, 0.717) is 35.3 Å². The van der Waals surface area contributed by atoms with Crippen molar-refractivity contribution in [3.8, 4) is 0 Å². The van der Waals surface area contributed by atoms with Gasteiger partial charge in [0.2, 0.25) is 0 Å². The molecule has 4 fully saturated rings. The number of fused-ring (bicyclic) bond motifs is 6. The number of ether oxygens (including phenoxy) is 1. The number of esters is 1. The molecule has 8 unspecified atom stereocenters. The van der Waals surface area contributed by atoms with Crippen LogP contribution in [0, 0.1) is 28.6 Å². The lowest BCUT2D eigenvalue weighted by Gasteiger charge is -2.62. The van der Waals surface area contributed by atoms with Gasteiger partial charge in [0.1, 0.15) is 12.2 Å². The van der Waals surface area contributed by atoms with Crippen LogP contribution in [0.1, 0.15) is 59.3 Å². The number of hydrogen-bond donors (Lipinski definition) is 2. The smallest absolute Gasteiger partial charge is 0.334 e. The zero-order chi connectivity index (χ0) is 17.1. The molecule has 132 valence electrons.